The van der Waals surface area contributed by atoms with Crippen LogP contribution in [0.25, 0.3) is 15.7 Å². The van der Waals surface area contributed by atoms with E-state index in [9.17, 15) is 9.59 Å². The predicted molar refractivity (Wildman–Crippen MR) is 94.4 cm³/mol. The maximum Gasteiger partial charge on any atom is 0.291 e. The smallest absolute Gasteiger partial charge is 0.291 e. The Labute approximate surface area is 143 Å². The minimum atomic E-state index is -0.229. The van der Waals surface area contributed by atoms with Crippen molar-refractivity contribution in [1.82, 2.24) is 19.5 Å². The molecule has 2 unspecified atom stereocenters. The SMILES string of the molecule is CC1CCCCC1NC(=O)Cn1ncn2c(cc3sccc32)c1=O. The van der Waals surface area contributed by atoms with Gasteiger partial charge in [0.25, 0.3) is 5.56 Å². The van der Waals surface area contributed by atoms with Crippen molar-refractivity contribution in [1.29, 1.82) is 0 Å². The van der Waals surface area contributed by atoms with Gasteiger partial charge >= 0.3 is 0 Å². The zero-order chi connectivity index (χ0) is 16.7. The summed E-state index contributed by atoms with van der Waals surface area (Å²) in [5.74, 6) is 0.355. The first-order chi connectivity index (χ1) is 11.6. The molecule has 24 heavy (non-hydrogen) atoms. The van der Waals surface area contributed by atoms with Crippen LogP contribution in [0, 0.1) is 5.92 Å². The van der Waals surface area contributed by atoms with Crippen LogP contribution in [0.5, 0.6) is 0 Å². The number of fused-ring (bicyclic) bond motifs is 3. The molecule has 1 aliphatic carbocycles. The second-order valence-corrected chi connectivity index (χ2v) is 7.55. The van der Waals surface area contributed by atoms with Crippen molar-refractivity contribution in [3.8, 4) is 0 Å². The summed E-state index contributed by atoms with van der Waals surface area (Å²) < 4.78 is 4.08. The van der Waals surface area contributed by atoms with E-state index in [1.165, 1.54) is 11.1 Å². The molecule has 3 heterocycles. The third-order valence-electron chi connectivity index (χ3n) is 4.97. The molecule has 0 saturated heterocycles. The summed E-state index contributed by atoms with van der Waals surface area (Å²) in [6, 6.07) is 4.04. The third-order valence-corrected chi connectivity index (χ3v) is 5.82. The molecule has 4 rings (SSSR count). The molecular formula is C17H20N4O2S. The van der Waals surface area contributed by atoms with E-state index in [0.29, 0.717) is 11.4 Å². The molecular weight excluding hydrogens is 324 g/mol. The predicted octanol–water partition coefficient (Wildman–Crippen LogP) is 2.41. The first-order valence-electron chi connectivity index (χ1n) is 8.37. The van der Waals surface area contributed by atoms with Gasteiger partial charge in [0.2, 0.25) is 5.91 Å². The highest BCUT2D eigenvalue weighted by Gasteiger charge is 2.23. The first-order valence-corrected chi connectivity index (χ1v) is 9.25. The monoisotopic (exact) mass is 344 g/mol. The Bertz CT molecular complexity index is 954. The molecule has 1 saturated carbocycles. The zero-order valence-electron chi connectivity index (χ0n) is 13.6. The van der Waals surface area contributed by atoms with Gasteiger partial charge in [-0.25, -0.2) is 4.68 Å². The lowest BCUT2D eigenvalue weighted by Crippen LogP contribution is -2.43. The Kier molecular flexibility index (Phi) is 3.88. The van der Waals surface area contributed by atoms with Crippen LogP contribution in [-0.4, -0.2) is 26.1 Å². The highest BCUT2D eigenvalue weighted by Crippen LogP contribution is 2.24. The van der Waals surface area contributed by atoms with Crippen molar-refractivity contribution >= 4 is 33.0 Å². The summed E-state index contributed by atoms with van der Waals surface area (Å²) in [5.41, 5.74) is 1.31. The van der Waals surface area contributed by atoms with Crippen LogP contribution in [-0.2, 0) is 11.3 Å². The van der Waals surface area contributed by atoms with E-state index < -0.39 is 0 Å². The van der Waals surface area contributed by atoms with Gasteiger partial charge in [-0.1, -0.05) is 19.8 Å². The first kappa shape index (κ1) is 15.4. The van der Waals surface area contributed by atoms with Crippen LogP contribution >= 0.6 is 11.3 Å². The van der Waals surface area contributed by atoms with Gasteiger partial charge in [0, 0.05) is 6.04 Å². The van der Waals surface area contributed by atoms with Gasteiger partial charge in [0.15, 0.2) is 0 Å². The Morgan fingerprint density at radius 1 is 1.38 bits per heavy atom. The van der Waals surface area contributed by atoms with Crippen LogP contribution in [0.4, 0.5) is 0 Å². The summed E-state index contributed by atoms with van der Waals surface area (Å²) in [6.07, 6.45) is 6.17. The van der Waals surface area contributed by atoms with Gasteiger partial charge in [0.1, 0.15) is 18.4 Å². The van der Waals surface area contributed by atoms with Gasteiger partial charge in [-0.05, 0) is 36.3 Å². The molecule has 0 spiro atoms. The molecule has 0 radical (unpaired) electrons. The lowest BCUT2D eigenvalue weighted by atomic mass is 9.86. The topological polar surface area (TPSA) is 68.4 Å². The van der Waals surface area contributed by atoms with E-state index in [-0.39, 0.29) is 24.1 Å². The van der Waals surface area contributed by atoms with Gasteiger partial charge in [-0.3, -0.25) is 14.0 Å². The largest absolute Gasteiger partial charge is 0.351 e. The summed E-state index contributed by atoms with van der Waals surface area (Å²) >= 11 is 1.59. The van der Waals surface area contributed by atoms with Crippen molar-refractivity contribution in [2.45, 2.75) is 45.2 Å². The van der Waals surface area contributed by atoms with Crippen LogP contribution in [0.3, 0.4) is 0 Å². The molecule has 2 atom stereocenters. The van der Waals surface area contributed by atoms with E-state index in [2.05, 4.69) is 17.3 Å². The Hall–Kier alpha value is -2.15. The molecule has 1 fully saturated rings. The molecule has 0 aliphatic heterocycles. The number of thiophene rings is 1. The van der Waals surface area contributed by atoms with Gasteiger partial charge in [-0.15, -0.1) is 11.3 Å². The van der Waals surface area contributed by atoms with E-state index in [4.69, 9.17) is 0 Å². The van der Waals surface area contributed by atoms with E-state index in [1.54, 1.807) is 22.1 Å². The molecule has 3 aromatic rings. The maximum absolute atomic E-state index is 12.6. The molecule has 0 aromatic carbocycles. The van der Waals surface area contributed by atoms with Crippen LogP contribution in [0.2, 0.25) is 0 Å². The van der Waals surface area contributed by atoms with Crippen LogP contribution < -0.4 is 10.9 Å². The number of aromatic nitrogens is 3. The summed E-state index contributed by atoms with van der Waals surface area (Å²) in [5, 5.41) is 9.23. The van der Waals surface area contributed by atoms with E-state index in [1.807, 2.05) is 17.5 Å². The quantitative estimate of drug-likeness (QED) is 0.793. The second-order valence-electron chi connectivity index (χ2n) is 6.60. The van der Waals surface area contributed by atoms with Gasteiger partial charge in [-0.2, -0.15) is 5.10 Å². The standard InChI is InChI=1S/C17H20N4O2S/c1-11-4-2-3-5-12(11)19-16(22)9-21-17(23)14-8-15-13(6-7-24-15)20(14)10-18-21/h6-8,10-12H,2-5,9H2,1H3,(H,19,22). The zero-order valence-corrected chi connectivity index (χ0v) is 14.4. The highest BCUT2D eigenvalue weighted by molar-refractivity contribution is 7.17. The number of amides is 1. The molecule has 7 heteroatoms. The number of hydrogen-bond acceptors (Lipinski definition) is 4. The maximum atomic E-state index is 12.6. The number of nitrogens with zero attached hydrogens (tertiary/aromatic N) is 3. The highest BCUT2D eigenvalue weighted by atomic mass is 32.1. The summed E-state index contributed by atoms with van der Waals surface area (Å²) in [7, 11) is 0. The Morgan fingerprint density at radius 2 is 2.21 bits per heavy atom. The summed E-state index contributed by atoms with van der Waals surface area (Å²) in [4.78, 5) is 24.9. The second kappa shape index (κ2) is 6.05. The molecule has 1 amide bonds. The average Bonchev–Trinajstić information content (AvgIpc) is 3.14. The number of carbonyl (C=O) groups is 1. The molecule has 3 aromatic heterocycles. The van der Waals surface area contributed by atoms with Gasteiger partial charge in [0.05, 0.1) is 10.2 Å². The fourth-order valence-electron chi connectivity index (χ4n) is 3.56. The minimum absolute atomic E-state index is 0.0304. The van der Waals surface area contributed by atoms with Crippen molar-refractivity contribution in [3.63, 3.8) is 0 Å². The molecule has 0 bridgehead atoms. The lowest BCUT2D eigenvalue weighted by molar-refractivity contribution is -0.123. The van der Waals surface area contributed by atoms with Crippen molar-refractivity contribution in [3.05, 3.63) is 34.2 Å². The summed E-state index contributed by atoms with van der Waals surface area (Å²) in [6.45, 7) is 2.14. The number of hydrogen-bond donors (Lipinski definition) is 1. The van der Waals surface area contributed by atoms with Crippen molar-refractivity contribution in [2.24, 2.45) is 5.92 Å². The Morgan fingerprint density at radius 3 is 3.04 bits per heavy atom. The molecule has 1 N–H and O–H groups in total. The molecule has 126 valence electrons. The fourth-order valence-corrected chi connectivity index (χ4v) is 4.37. The fraction of sp³-hybridized carbons (Fsp3) is 0.471. The van der Waals surface area contributed by atoms with Crippen molar-refractivity contribution < 1.29 is 4.79 Å². The minimum Gasteiger partial charge on any atom is -0.351 e. The average molecular weight is 344 g/mol. The normalized spacial score (nSPS) is 21.4. The number of nitrogens with one attached hydrogen (secondary N) is 1. The van der Waals surface area contributed by atoms with Gasteiger partial charge < -0.3 is 5.32 Å². The third kappa shape index (κ3) is 2.62. The Balaban J connectivity index is 1.56. The van der Waals surface area contributed by atoms with Crippen LogP contribution in [0.1, 0.15) is 32.6 Å². The van der Waals surface area contributed by atoms with E-state index in [0.717, 1.165) is 29.5 Å². The number of rotatable bonds is 3. The lowest BCUT2D eigenvalue weighted by Gasteiger charge is -2.29. The molecule has 1 aliphatic rings. The number of carbonyl (C=O) groups excluding carboxylic acids is 1. The van der Waals surface area contributed by atoms with Crippen LogP contribution in [0.15, 0.2) is 28.6 Å². The molecule has 6 nitrogen and oxygen atoms in total. The van der Waals surface area contributed by atoms with Crippen molar-refractivity contribution in [2.75, 3.05) is 0 Å². The van der Waals surface area contributed by atoms with E-state index >= 15 is 0 Å².